The topological polar surface area (TPSA) is 110 Å². The molecule has 20 heavy (non-hydrogen) atoms. The third-order valence-corrected chi connectivity index (χ3v) is 6.15. The monoisotopic (exact) mass is 319 g/mol. The van der Waals surface area contributed by atoms with Crippen molar-refractivity contribution in [3.63, 3.8) is 0 Å². The lowest BCUT2D eigenvalue weighted by Crippen LogP contribution is -2.58. The fourth-order valence-corrected chi connectivity index (χ4v) is 4.36. The van der Waals surface area contributed by atoms with Gasteiger partial charge < -0.3 is 5.32 Å². The van der Waals surface area contributed by atoms with Gasteiger partial charge in [-0.2, -0.15) is 4.31 Å². The van der Waals surface area contributed by atoms with Gasteiger partial charge in [-0.05, 0) is 18.2 Å². The number of nitrogens with one attached hydrogen (secondary N) is 1. The lowest BCUT2D eigenvalue weighted by molar-refractivity contribution is 0.249. The molecule has 0 atom stereocenters. The molecule has 2 rings (SSSR count). The third-order valence-electron chi connectivity index (χ3n) is 3.22. The minimum atomic E-state index is -3.93. The predicted molar refractivity (Wildman–Crippen MR) is 74.0 cm³/mol. The van der Waals surface area contributed by atoms with Crippen LogP contribution in [0.1, 0.15) is 6.92 Å². The van der Waals surface area contributed by atoms with Crippen LogP contribution < -0.4 is 10.5 Å². The Morgan fingerprint density at radius 2 is 1.85 bits per heavy atom. The molecule has 0 aromatic heterocycles. The number of benzene rings is 1. The average molecular weight is 319 g/mol. The van der Waals surface area contributed by atoms with Gasteiger partial charge in [0.1, 0.15) is 0 Å². The molecule has 1 saturated heterocycles. The summed E-state index contributed by atoms with van der Waals surface area (Å²) in [7, 11) is -7.65. The van der Waals surface area contributed by atoms with Crippen molar-refractivity contribution < 1.29 is 16.8 Å². The first kappa shape index (κ1) is 15.4. The molecular formula is C11H17N3O4S2. The molecule has 9 heteroatoms. The summed E-state index contributed by atoms with van der Waals surface area (Å²) in [6.45, 7) is 3.28. The predicted octanol–water partition coefficient (Wildman–Crippen LogP) is -0.684. The van der Waals surface area contributed by atoms with Crippen LogP contribution in [-0.4, -0.2) is 46.8 Å². The molecule has 0 unspecified atom stereocenters. The first-order valence-corrected chi connectivity index (χ1v) is 9.11. The number of hydrogen-bond acceptors (Lipinski definition) is 5. The van der Waals surface area contributed by atoms with Crippen LogP contribution in [0.3, 0.4) is 0 Å². The van der Waals surface area contributed by atoms with Crippen molar-refractivity contribution in [3.05, 3.63) is 24.3 Å². The molecule has 0 radical (unpaired) electrons. The highest BCUT2D eigenvalue weighted by atomic mass is 32.2. The molecule has 0 saturated carbocycles. The molecular weight excluding hydrogens is 302 g/mol. The van der Waals surface area contributed by atoms with E-state index in [9.17, 15) is 16.8 Å². The number of hydrogen-bond donors (Lipinski definition) is 2. The van der Waals surface area contributed by atoms with E-state index in [4.69, 9.17) is 5.14 Å². The summed E-state index contributed by atoms with van der Waals surface area (Å²) in [6, 6.07) is 5.02. The lowest BCUT2D eigenvalue weighted by Gasteiger charge is -2.36. The maximum atomic E-state index is 12.5. The van der Waals surface area contributed by atoms with Gasteiger partial charge in [-0.3, -0.25) is 0 Å². The van der Waals surface area contributed by atoms with Crippen molar-refractivity contribution >= 4 is 20.0 Å². The SMILES string of the molecule is CCN(C1CNC1)S(=O)(=O)c1cccc(S(N)(=O)=O)c1. The molecule has 0 bridgehead atoms. The zero-order chi connectivity index (χ0) is 15.0. The summed E-state index contributed by atoms with van der Waals surface area (Å²) >= 11 is 0. The van der Waals surface area contributed by atoms with E-state index in [2.05, 4.69) is 5.32 Å². The second kappa shape index (κ2) is 5.41. The Labute approximate surface area is 118 Å². The van der Waals surface area contributed by atoms with Gasteiger partial charge in [-0.15, -0.1) is 0 Å². The van der Waals surface area contributed by atoms with E-state index in [-0.39, 0.29) is 15.8 Å². The molecule has 0 aliphatic carbocycles. The molecule has 1 fully saturated rings. The van der Waals surface area contributed by atoms with Crippen LogP contribution >= 0.6 is 0 Å². The van der Waals surface area contributed by atoms with Gasteiger partial charge >= 0.3 is 0 Å². The van der Waals surface area contributed by atoms with Gasteiger partial charge in [0, 0.05) is 25.7 Å². The third kappa shape index (κ3) is 2.86. The first-order valence-electron chi connectivity index (χ1n) is 6.12. The molecule has 1 aromatic rings. The second-order valence-electron chi connectivity index (χ2n) is 4.54. The second-order valence-corrected chi connectivity index (χ2v) is 7.99. The lowest BCUT2D eigenvalue weighted by atomic mass is 10.2. The Bertz CT molecular complexity index is 696. The quantitative estimate of drug-likeness (QED) is 0.747. The Kier molecular flexibility index (Phi) is 4.17. The zero-order valence-corrected chi connectivity index (χ0v) is 12.6. The van der Waals surface area contributed by atoms with Crippen LogP contribution in [0, 0.1) is 0 Å². The molecule has 0 amide bonds. The highest BCUT2D eigenvalue weighted by molar-refractivity contribution is 7.90. The molecule has 1 aliphatic rings. The number of likely N-dealkylation sites (N-methyl/N-ethyl adjacent to an activating group) is 1. The smallest absolute Gasteiger partial charge is 0.243 e. The fourth-order valence-electron chi connectivity index (χ4n) is 2.05. The molecule has 0 spiro atoms. The van der Waals surface area contributed by atoms with Gasteiger partial charge in [0.15, 0.2) is 0 Å². The minimum Gasteiger partial charge on any atom is -0.313 e. The maximum Gasteiger partial charge on any atom is 0.243 e. The number of rotatable bonds is 5. The summed E-state index contributed by atoms with van der Waals surface area (Å²) in [5, 5.41) is 8.04. The van der Waals surface area contributed by atoms with Gasteiger partial charge in [-0.25, -0.2) is 22.0 Å². The van der Waals surface area contributed by atoms with Crippen molar-refractivity contribution in [1.29, 1.82) is 0 Å². The van der Waals surface area contributed by atoms with Gasteiger partial charge in [0.25, 0.3) is 0 Å². The van der Waals surface area contributed by atoms with E-state index in [0.717, 1.165) is 6.07 Å². The Morgan fingerprint density at radius 1 is 1.25 bits per heavy atom. The van der Waals surface area contributed by atoms with E-state index >= 15 is 0 Å². The van der Waals surface area contributed by atoms with Crippen LogP contribution in [0.5, 0.6) is 0 Å². The summed E-state index contributed by atoms with van der Waals surface area (Å²) in [6.07, 6.45) is 0. The zero-order valence-electron chi connectivity index (χ0n) is 11.0. The normalized spacial score (nSPS) is 17.1. The number of primary sulfonamides is 1. The van der Waals surface area contributed by atoms with Crippen LogP contribution in [-0.2, 0) is 20.0 Å². The van der Waals surface area contributed by atoms with E-state index in [1.165, 1.54) is 22.5 Å². The van der Waals surface area contributed by atoms with Crippen molar-refractivity contribution in [2.24, 2.45) is 5.14 Å². The number of nitrogens with two attached hydrogens (primary N) is 1. The van der Waals surface area contributed by atoms with Crippen LogP contribution in [0.4, 0.5) is 0 Å². The van der Waals surface area contributed by atoms with E-state index in [1.807, 2.05) is 0 Å². The Morgan fingerprint density at radius 3 is 2.30 bits per heavy atom. The van der Waals surface area contributed by atoms with Crippen LogP contribution in [0.25, 0.3) is 0 Å². The van der Waals surface area contributed by atoms with Crippen molar-refractivity contribution in [3.8, 4) is 0 Å². The molecule has 3 N–H and O–H groups in total. The Hall–Kier alpha value is -1.00. The number of sulfonamides is 2. The summed E-state index contributed by atoms with van der Waals surface area (Å²) < 4.78 is 49.1. The highest BCUT2D eigenvalue weighted by Crippen LogP contribution is 2.21. The van der Waals surface area contributed by atoms with E-state index in [1.54, 1.807) is 6.92 Å². The molecule has 7 nitrogen and oxygen atoms in total. The molecule has 1 aromatic carbocycles. The van der Waals surface area contributed by atoms with Gasteiger partial charge in [0.05, 0.1) is 9.79 Å². The molecule has 112 valence electrons. The maximum absolute atomic E-state index is 12.5. The molecule has 1 aliphatic heterocycles. The number of nitrogens with zero attached hydrogens (tertiary/aromatic N) is 1. The van der Waals surface area contributed by atoms with Gasteiger partial charge in [-0.1, -0.05) is 13.0 Å². The largest absolute Gasteiger partial charge is 0.313 e. The Balaban J connectivity index is 2.43. The average Bonchev–Trinajstić information content (AvgIpc) is 2.32. The van der Waals surface area contributed by atoms with Crippen molar-refractivity contribution in [2.45, 2.75) is 22.8 Å². The van der Waals surface area contributed by atoms with E-state index in [0.29, 0.717) is 19.6 Å². The minimum absolute atomic E-state index is 0.0576. The van der Waals surface area contributed by atoms with Crippen molar-refractivity contribution in [1.82, 2.24) is 9.62 Å². The standard InChI is InChI=1S/C11H17N3O4S2/c1-2-14(9-7-13-8-9)20(17,18)11-5-3-4-10(6-11)19(12,15)16/h3-6,9,13H,2,7-8H2,1H3,(H2,12,15,16). The van der Waals surface area contributed by atoms with Crippen LogP contribution in [0.15, 0.2) is 34.1 Å². The van der Waals surface area contributed by atoms with E-state index < -0.39 is 20.0 Å². The summed E-state index contributed by atoms with van der Waals surface area (Å²) in [5.74, 6) is 0. The first-order chi connectivity index (χ1) is 9.26. The molecule has 1 heterocycles. The van der Waals surface area contributed by atoms with Gasteiger partial charge in [0.2, 0.25) is 20.0 Å². The highest BCUT2D eigenvalue weighted by Gasteiger charge is 2.33. The van der Waals surface area contributed by atoms with Crippen LogP contribution in [0.2, 0.25) is 0 Å². The summed E-state index contributed by atoms with van der Waals surface area (Å²) in [5.41, 5.74) is 0. The van der Waals surface area contributed by atoms with Crippen molar-refractivity contribution in [2.75, 3.05) is 19.6 Å². The summed E-state index contributed by atoms with van der Waals surface area (Å²) in [4.78, 5) is -0.265. The fraction of sp³-hybridized carbons (Fsp3) is 0.455.